The summed E-state index contributed by atoms with van der Waals surface area (Å²) in [6, 6.07) is 1.42. The smallest absolute Gasteiger partial charge is 0.229 e. The van der Waals surface area contributed by atoms with Gasteiger partial charge in [-0.1, -0.05) is 43.6 Å². The highest BCUT2D eigenvalue weighted by Gasteiger charge is 2.41. The zero-order valence-corrected chi connectivity index (χ0v) is 23.0. The van der Waals surface area contributed by atoms with Crippen LogP contribution in [0.5, 0.6) is 0 Å². The lowest BCUT2D eigenvalue weighted by Crippen LogP contribution is -2.54. The molecule has 5 nitrogen and oxygen atoms in total. The summed E-state index contributed by atoms with van der Waals surface area (Å²) >= 11 is 0. The van der Waals surface area contributed by atoms with Crippen LogP contribution >= 0.6 is 0 Å². The molecule has 3 heterocycles. The van der Waals surface area contributed by atoms with E-state index in [1.54, 1.807) is 7.11 Å². The quantitative estimate of drug-likeness (QED) is 0.421. The molecular weight excluding hydrogens is 458 g/mol. The van der Waals surface area contributed by atoms with E-state index < -0.39 is 0 Å². The minimum Gasteiger partial charge on any atom is -0.497 e. The average Bonchev–Trinajstić information content (AvgIpc) is 3.26. The van der Waals surface area contributed by atoms with Crippen LogP contribution < -0.4 is 0 Å². The van der Waals surface area contributed by atoms with Crippen molar-refractivity contribution in [3.8, 4) is 0 Å². The van der Waals surface area contributed by atoms with Crippen molar-refractivity contribution in [1.29, 1.82) is 0 Å². The number of nitrogens with zero attached hydrogens (tertiary/aromatic N) is 3. The van der Waals surface area contributed by atoms with Crippen molar-refractivity contribution in [1.82, 2.24) is 14.7 Å². The van der Waals surface area contributed by atoms with Gasteiger partial charge in [0.1, 0.15) is 5.76 Å². The molecule has 5 aliphatic rings. The van der Waals surface area contributed by atoms with Gasteiger partial charge in [-0.2, -0.15) is 0 Å². The maximum absolute atomic E-state index is 13.4. The Morgan fingerprint density at radius 2 is 1.89 bits per heavy atom. The van der Waals surface area contributed by atoms with Gasteiger partial charge in [0.05, 0.1) is 19.1 Å². The van der Waals surface area contributed by atoms with Gasteiger partial charge in [0.15, 0.2) is 0 Å². The van der Waals surface area contributed by atoms with E-state index in [0.717, 1.165) is 70.6 Å². The number of carbonyl (C=O) groups is 1. The van der Waals surface area contributed by atoms with Crippen LogP contribution in [0, 0.1) is 5.92 Å². The molecule has 3 saturated heterocycles. The maximum atomic E-state index is 13.4. The third-order valence-corrected chi connectivity index (χ3v) is 9.22. The summed E-state index contributed by atoms with van der Waals surface area (Å²) in [4.78, 5) is 21.0. The van der Waals surface area contributed by atoms with Gasteiger partial charge in [0, 0.05) is 44.8 Å². The van der Waals surface area contributed by atoms with Crippen molar-refractivity contribution in [3.05, 3.63) is 59.9 Å². The molecule has 4 unspecified atom stereocenters. The molecule has 0 aromatic carbocycles. The Morgan fingerprint density at radius 3 is 2.62 bits per heavy atom. The molecule has 202 valence electrons. The van der Waals surface area contributed by atoms with Gasteiger partial charge in [-0.3, -0.25) is 14.6 Å². The predicted molar refractivity (Wildman–Crippen MR) is 151 cm³/mol. The van der Waals surface area contributed by atoms with Gasteiger partial charge >= 0.3 is 0 Å². The molecule has 0 aromatic heterocycles. The number of ether oxygens (including phenoxy) is 1. The number of hydrogen-bond donors (Lipinski definition) is 0. The molecule has 0 saturated carbocycles. The van der Waals surface area contributed by atoms with Gasteiger partial charge in [0.25, 0.3) is 0 Å². The first-order valence-corrected chi connectivity index (χ1v) is 14.9. The fourth-order valence-corrected chi connectivity index (χ4v) is 7.33. The molecule has 37 heavy (non-hydrogen) atoms. The Morgan fingerprint density at radius 1 is 1.08 bits per heavy atom. The normalized spacial score (nSPS) is 30.4. The summed E-state index contributed by atoms with van der Waals surface area (Å²) in [5.74, 6) is 1.32. The molecule has 1 amide bonds. The molecule has 5 rings (SSSR count). The van der Waals surface area contributed by atoms with Crippen LogP contribution in [0.25, 0.3) is 0 Å². The van der Waals surface area contributed by atoms with Crippen molar-refractivity contribution in [2.24, 2.45) is 5.92 Å². The molecule has 3 fully saturated rings. The van der Waals surface area contributed by atoms with Gasteiger partial charge < -0.3 is 9.64 Å². The fourth-order valence-electron chi connectivity index (χ4n) is 7.33. The second-order valence-electron chi connectivity index (χ2n) is 11.6. The fraction of sp³-hybridized carbons (Fsp3) is 0.656. The summed E-state index contributed by atoms with van der Waals surface area (Å²) in [5.41, 5.74) is 2.86. The first-order valence-electron chi connectivity index (χ1n) is 14.9. The second-order valence-corrected chi connectivity index (χ2v) is 11.6. The minimum absolute atomic E-state index is 0.0102. The van der Waals surface area contributed by atoms with Crippen LogP contribution in [0.2, 0.25) is 0 Å². The number of carbonyl (C=O) groups excluding carboxylic acids is 1. The Balaban J connectivity index is 1.41. The van der Waals surface area contributed by atoms with Gasteiger partial charge in [-0.25, -0.2) is 0 Å². The monoisotopic (exact) mass is 505 g/mol. The summed E-state index contributed by atoms with van der Waals surface area (Å²) < 4.78 is 5.70. The SMILES string of the molecule is C=CCN1CCC2CCCC(C1)N2C(C1=CCC(C(=O)N2CCCCCC2)C=C1)C1=CC(OC)=CCC1. The van der Waals surface area contributed by atoms with Crippen LogP contribution in [0.15, 0.2) is 59.9 Å². The average molecular weight is 506 g/mol. The first kappa shape index (κ1) is 26.5. The van der Waals surface area contributed by atoms with Crippen LogP contribution in [0.1, 0.15) is 70.6 Å². The van der Waals surface area contributed by atoms with E-state index in [4.69, 9.17) is 4.74 Å². The number of likely N-dealkylation sites (tertiary alicyclic amines) is 1. The van der Waals surface area contributed by atoms with Crippen molar-refractivity contribution in [2.45, 2.75) is 88.8 Å². The van der Waals surface area contributed by atoms with Crippen molar-refractivity contribution < 1.29 is 9.53 Å². The highest BCUT2D eigenvalue weighted by molar-refractivity contribution is 5.81. The lowest BCUT2D eigenvalue weighted by atomic mass is 9.82. The lowest BCUT2D eigenvalue weighted by molar-refractivity contribution is -0.133. The van der Waals surface area contributed by atoms with Crippen LogP contribution in [-0.4, -0.2) is 78.6 Å². The summed E-state index contributed by atoms with van der Waals surface area (Å²) in [6.07, 6.45) is 26.3. The zero-order valence-electron chi connectivity index (χ0n) is 23.0. The number of fused-ring (bicyclic) bond motifs is 2. The largest absolute Gasteiger partial charge is 0.497 e. The Bertz CT molecular complexity index is 940. The molecule has 0 radical (unpaired) electrons. The number of allylic oxidation sites excluding steroid dienone is 3. The van der Waals surface area contributed by atoms with E-state index in [2.05, 4.69) is 57.7 Å². The van der Waals surface area contributed by atoms with Gasteiger partial charge in [0.2, 0.25) is 5.91 Å². The van der Waals surface area contributed by atoms with Crippen molar-refractivity contribution in [2.75, 3.05) is 39.8 Å². The number of rotatable bonds is 7. The molecule has 0 N–H and O–H groups in total. The van der Waals surface area contributed by atoms with Gasteiger partial charge in [-0.05, 0) is 74.7 Å². The third-order valence-electron chi connectivity index (χ3n) is 9.22. The van der Waals surface area contributed by atoms with Crippen LogP contribution in [0.4, 0.5) is 0 Å². The van der Waals surface area contributed by atoms with Crippen molar-refractivity contribution >= 4 is 5.91 Å². The number of methoxy groups -OCH3 is 1. The standard InChI is InChI=1S/C32H47N3O2/c1-3-19-33-22-18-28-11-9-12-29(24-33)35(28)31(27-10-8-13-30(23-27)37-2)25-14-16-26(17-15-25)32(36)34-20-6-4-5-7-21-34/h3,13-16,23,26,28-29,31H,1,4-12,17-22,24H2,2H3. The Kier molecular flexibility index (Phi) is 9.04. The molecule has 0 aromatic rings. The molecule has 2 aliphatic carbocycles. The molecular formula is C32H47N3O2. The predicted octanol–water partition coefficient (Wildman–Crippen LogP) is 5.63. The molecule has 2 bridgehead atoms. The molecule has 5 heteroatoms. The van der Waals surface area contributed by atoms with E-state index in [1.807, 2.05) is 0 Å². The summed E-state index contributed by atoms with van der Waals surface area (Å²) in [6.45, 7) is 9.12. The van der Waals surface area contributed by atoms with E-state index >= 15 is 0 Å². The lowest BCUT2D eigenvalue weighted by Gasteiger charge is -2.47. The molecule has 3 aliphatic heterocycles. The highest BCUT2D eigenvalue weighted by Crippen LogP contribution is 2.39. The summed E-state index contributed by atoms with van der Waals surface area (Å²) in [5, 5.41) is 0. The molecule has 0 spiro atoms. The number of piperidine rings is 1. The van der Waals surface area contributed by atoms with Crippen LogP contribution in [-0.2, 0) is 9.53 Å². The summed E-state index contributed by atoms with van der Waals surface area (Å²) in [7, 11) is 1.78. The molecule has 4 atom stereocenters. The topological polar surface area (TPSA) is 36.0 Å². The van der Waals surface area contributed by atoms with E-state index in [-0.39, 0.29) is 12.0 Å². The van der Waals surface area contributed by atoms with E-state index in [0.29, 0.717) is 18.0 Å². The first-order chi connectivity index (χ1) is 18.2. The third kappa shape index (κ3) is 6.15. The Labute approximate surface area is 224 Å². The number of amides is 1. The number of hydrogen-bond acceptors (Lipinski definition) is 4. The van der Waals surface area contributed by atoms with Crippen molar-refractivity contribution in [3.63, 3.8) is 0 Å². The van der Waals surface area contributed by atoms with E-state index in [9.17, 15) is 4.79 Å². The second kappa shape index (κ2) is 12.6. The van der Waals surface area contributed by atoms with Crippen LogP contribution in [0.3, 0.4) is 0 Å². The minimum atomic E-state index is -0.0102. The van der Waals surface area contributed by atoms with E-state index in [1.165, 1.54) is 49.7 Å². The van der Waals surface area contributed by atoms with Gasteiger partial charge in [-0.15, -0.1) is 6.58 Å². The Hall–Kier alpha value is -2.11. The maximum Gasteiger partial charge on any atom is 0.229 e. The zero-order chi connectivity index (χ0) is 25.6. The highest BCUT2D eigenvalue weighted by atomic mass is 16.5.